The van der Waals surface area contributed by atoms with Gasteiger partial charge in [0.1, 0.15) is 0 Å². The Morgan fingerprint density at radius 1 is 0.614 bits per heavy atom. The predicted molar refractivity (Wildman–Crippen MR) is 174 cm³/mol. The zero-order chi connectivity index (χ0) is 32.0. The lowest BCUT2D eigenvalue weighted by molar-refractivity contribution is -0.144. The molecule has 10 heteroatoms. The zero-order valence-electron chi connectivity index (χ0n) is 27.5. The van der Waals surface area contributed by atoms with Crippen LogP contribution in [0.5, 0.6) is 0 Å². The van der Waals surface area contributed by atoms with Crippen LogP contribution in [0.4, 0.5) is 0 Å². The van der Waals surface area contributed by atoms with Crippen molar-refractivity contribution in [1.29, 1.82) is 0 Å². The molecule has 1 heterocycles. The third-order valence-corrected chi connectivity index (χ3v) is 7.80. The van der Waals surface area contributed by atoms with E-state index in [0.717, 1.165) is 77.3 Å². The molecule has 0 spiro atoms. The lowest BCUT2D eigenvalue weighted by Crippen LogP contribution is -2.42. The molecule has 248 valence electrons. The van der Waals surface area contributed by atoms with Crippen LogP contribution in [0.15, 0.2) is 30.8 Å². The SMILES string of the molecule is C=Cc1ccc(CN2CCCN(CCC(=O)OCC)CCN(CCC(=O)OCC)CCCN(CCC(=O)OCC)CC2)cc1. The summed E-state index contributed by atoms with van der Waals surface area (Å²) in [5, 5.41) is 0. The van der Waals surface area contributed by atoms with Crippen LogP contribution in [0.2, 0.25) is 0 Å². The Hall–Kier alpha value is -2.79. The first kappa shape index (κ1) is 37.4. The van der Waals surface area contributed by atoms with Crippen molar-refractivity contribution in [1.82, 2.24) is 19.6 Å². The second-order valence-electron chi connectivity index (χ2n) is 11.1. The average molecular weight is 617 g/mol. The van der Waals surface area contributed by atoms with Crippen molar-refractivity contribution >= 4 is 24.0 Å². The second-order valence-corrected chi connectivity index (χ2v) is 11.1. The van der Waals surface area contributed by atoms with Crippen molar-refractivity contribution in [3.05, 3.63) is 42.0 Å². The standard InChI is InChI=1S/C34H56N4O6/c1-5-30-11-13-31(14-12-30)29-38-21-10-20-36(23-16-33(40)43-7-3)26-25-35(22-15-32(39)42-6-2)18-9-19-37(27-28-38)24-17-34(41)44-8-4/h5,11-14H,1,6-10,15-29H2,2-4H3. The molecule has 1 aromatic carbocycles. The molecule has 1 saturated heterocycles. The van der Waals surface area contributed by atoms with E-state index >= 15 is 0 Å². The summed E-state index contributed by atoms with van der Waals surface area (Å²) in [6.45, 7) is 20.1. The number of carbonyl (C=O) groups is 3. The molecule has 2 rings (SSSR count). The van der Waals surface area contributed by atoms with Crippen LogP contribution in [0.1, 0.15) is 64.0 Å². The Labute approximate surface area is 265 Å². The number of hydrogen-bond donors (Lipinski definition) is 0. The maximum absolute atomic E-state index is 12.2. The van der Waals surface area contributed by atoms with Gasteiger partial charge < -0.3 is 28.9 Å². The number of rotatable bonds is 15. The van der Waals surface area contributed by atoms with E-state index in [1.165, 1.54) is 5.56 Å². The van der Waals surface area contributed by atoms with Gasteiger partial charge in [0.05, 0.1) is 39.1 Å². The average Bonchev–Trinajstić information content (AvgIpc) is 3.01. The first-order valence-electron chi connectivity index (χ1n) is 16.4. The van der Waals surface area contributed by atoms with Gasteiger partial charge >= 0.3 is 17.9 Å². The van der Waals surface area contributed by atoms with E-state index in [4.69, 9.17) is 14.2 Å². The monoisotopic (exact) mass is 616 g/mol. The molecular formula is C34H56N4O6. The number of nitrogens with zero attached hydrogens (tertiary/aromatic N) is 4. The minimum Gasteiger partial charge on any atom is -0.466 e. The summed E-state index contributed by atoms with van der Waals surface area (Å²) in [6.07, 6.45) is 4.82. The highest BCUT2D eigenvalue weighted by molar-refractivity contribution is 5.70. The van der Waals surface area contributed by atoms with Gasteiger partial charge in [0.2, 0.25) is 0 Å². The van der Waals surface area contributed by atoms with E-state index in [0.29, 0.717) is 58.7 Å². The molecule has 1 aromatic rings. The van der Waals surface area contributed by atoms with Gasteiger partial charge in [0, 0.05) is 52.4 Å². The molecule has 0 saturated carbocycles. The number of benzene rings is 1. The highest BCUT2D eigenvalue weighted by Gasteiger charge is 2.18. The molecule has 10 nitrogen and oxygen atoms in total. The fourth-order valence-electron chi connectivity index (χ4n) is 5.34. The summed E-state index contributed by atoms with van der Waals surface area (Å²) >= 11 is 0. The third kappa shape index (κ3) is 16.3. The maximum Gasteiger partial charge on any atom is 0.307 e. The Balaban J connectivity index is 2.16. The molecule has 1 fully saturated rings. The Morgan fingerprint density at radius 3 is 1.34 bits per heavy atom. The van der Waals surface area contributed by atoms with Crippen LogP contribution >= 0.6 is 0 Å². The number of esters is 3. The normalized spacial score (nSPS) is 17.0. The Bertz CT molecular complexity index is 973. The van der Waals surface area contributed by atoms with E-state index in [1.54, 1.807) is 0 Å². The molecule has 0 radical (unpaired) electrons. The Morgan fingerprint density at radius 2 is 0.977 bits per heavy atom. The van der Waals surface area contributed by atoms with Gasteiger partial charge in [-0.2, -0.15) is 0 Å². The summed E-state index contributed by atoms with van der Waals surface area (Å²) in [5.74, 6) is -0.509. The van der Waals surface area contributed by atoms with E-state index in [-0.39, 0.29) is 17.9 Å². The van der Waals surface area contributed by atoms with Crippen LogP contribution in [-0.2, 0) is 35.1 Å². The predicted octanol–water partition coefficient (Wildman–Crippen LogP) is 3.69. The highest BCUT2D eigenvalue weighted by Crippen LogP contribution is 2.11. The van der Waals surface area contributed by atoms with Gasteiger partial charge in [0.15, 0.2) is 0 Å². The Kier molecular flexibility index (Phi) is 19.3. The zero-order valence-corrected chi connectivity index (χ0v) is 27.5. The van der Waals surface area contributed by atoms with E-state index in [1.807, 2.05) is 26.8 Å². The maximum atomic E-state index is 12.2. The van der Waals surface area contributed by atoms with Crippen LogP contribution in [0, 0.1) is 0 Å². The fourth-order valence-corrected chi connectivity index (χ4v) is 5.34. The summed E-state index contributed by atoms with van der Waals surface area (Å²) in [5.41, 5.74) is 2.36. The third-order valence-electron chi connectivity index (χ3n) is 7.80. The van der Waals surface area contributed by atoms with Crippen LogP contribution < -0.4 is 0 Å². The van der Waals surface area contributed by atoms with E-state index in [9.17, 15) is 14.4 Å². The molecule has 0 bridgehead atoms. The van der Waals surface area contributed by atoms with Gasteiger partial charge in [-0.25, -0.2) is 0 Å². The molecule has 0 unspecified atom stereocenters. The van der Waals surface area contributed by atoms with Crippen molar-refractivity contribution in [3.8, 4) is 0 Å². The summed E-state index contributed by atoms with van der Waals surface area (Å²) in [4.78, 5) is 46.0. The van der Waals surface area contributed by atoms with Crippen molar-refractivity contribution in [2.24, 2.45) is 0 Å². The van der Waals surface area contributed by atoms with Crippen molar-refractivity contribution in [2.45, 2.75) is 59.4 Å². The highest BCUT2D eigenvalue weighted by atomic mass is 16.5. The van der Waals surface area contributed by atoms with Crippen molar-refractivity contribution < 1.29 is 28.6 Å². The van der Waals surface area contributed by atoms with Gasteiger partial charge in [0.25, 0.3) is 0 Å². The minimum absolute atomic E-state index is 0.162. The number of hydrogen-bond acceptors (Lipinski definition) is 10. The molecule has 0 N–H and O–H groups in total. The van der Waals surface area contributed by atoms with Gasteiger partial charge in [-0.05, 0) is 70.9 Å². The molecule has 0 aromatic heterocycles. The smallest absolute Gasteiger partial charge is 0.307 e. The molecule has 44 heavy (non-hydrogen) atoms. The topological polar surface area (TPSA) is 91.9 Å². The van der Waals surface area contributed by atoms with Gasteiger partial charge in [-0.15, -0.1) is 0 Å². The number of carbonyl (C=O) groups excluding carboxylic acids is 3. The van der Waals surface area contributed by atoms with Crippen molar-refractivity contribution in [2.75, 3.05) is 91.8 Å². The van der Waals surface area contributed by atoms with E-state index < -0.39 is 0 Å². The van der Waals surface area contributed by atoms with E-state index in [2.05, 4.69) is 50.4 Å². The fraction of sp³-hybridized carbons (Fsp3) is 0.676. The first-order valence-corrected chi connectivity index (χ1v) is 16.4. The largest absolute Gasteiger partial charge is 0.466 e. The van der Waals surface area contributed by atoms with Crippen LogP contribution in [-0.4, -0.2) is 129 Å². The van der Waals surface area contributed by atoms with Gasteiger partial charge in [-0.1, -0.05) is 36.9 Å². The molecule has 0 amide bonds. The molecule has 1 aliphatic heterocycles. The second kappa shape index (κ2) is 22.7. The van der Waals surface area contributed by atoms with Crippen LogP contribution in [0.25, 0.3) is 6.08 Å². The van der Waals surface area contributed by atoms with Crippen LogP contribution in [0.3, 0.4) is 0 Å². The molecule has 0 aliphatic carbocycles. The van der Waals surface area contributed by atoms with Crippen molar-refractivity contribution in [3.63, 3.8) is 0 Å². The number of ether oxygens (including phenoxy) is 3. The lowest BCUT2D eigenvalue weighted by atomic mass is 10.1. The first-order chi connectivity index (χ1) is 21.4. The quantitative estimate of drug-likeness (QED) is 0.215. The lowest BCUT2D eigenvalue weighted by Gasteiger charge is -2.32. The molecule has 0 atom stereocenters. The molecule has 1 aliphatic rings. The summed E-state index contributed by atoms with van der Waals surface area (Å²) in [7, 11) is 0. The molecular weight excluding hydrogens is 560 g/mol. The minimum atomic E-state index is -0.179. The van der Waals surface area contributed by atoms with Gasteiger partial charge in [-0.3, -0.25) is 19.3 Å². The summed E-state index contributed by atoms with van der Waals surface area (Å²) in [6, 6.07) is 8.53. The summed E-state index contributed by atoms with van der Waals surface area (Å²) < 4.78 is 15.6.